The zero-order chi connectivity index (χ0) is 11.5. The van der Waals surface area contributed by atoms with E-state index in [4.69, 9.17) is 5.26 Å². The van der Waals surface area contributed by atoms with Crippen LogP contribution in [0.2, 0.25) is 0 Å². The topological polar surface area (TPSA) is 41.6 Å². The quantitative estimate of drug-likeness (QED) is 0.771. The van der Waals surface area contributed by atoms with Crippen LogP contribution in [-0.4, -0.2) is 9.55 Å². The van der Waals surface area contributed by atoms with Gasteiger partial charge in [-0.05, 0) is 24.3 Å². The molecule has 0 aliphatic carbocycles. The number of hydrogen-bond acceptors (Lipinski definition) is 2. The molecule has 4 heteroatoms. The van der Waals surface area contributed by atoms with E-state index in [-0.39, 0.29) is 5.82 Å². The van der Waals surface area contributed by atoms with Crippen LogP contribution in [0.1, 0.15) is 5.69 Å². The highest BCUT2D eigenvalue weighted by atomic mass is 19.1. The van der Waals surface area contributed by atoms with Gasteiger partial charge in [0, 0.05) is 18.8 Å². The third-order valence-electron chi connectivity index (χ3n) is 2.45. The summed E-state index contributed by atoms with van der Waals surface area (Å²) in [6.45, 7) is 0. The monoisotopic (exact) mass is 215 g/mol. The van der Waals surface area contributed by atoms with Gasteiger partial charge in [-0.3, -0.25) is 0 Å². The minimum absolute atomic E-state index is 0.268. The van der Waals surface area contributed by atoms with Gasteiger partial charge < -0.3 is 4.57 Å². The molecule has 2 aromatic rings. The van der Waals surface area contributed by atoms with Crippen molar-refractivity contribution < 1.29 is 4.39 Å². The zero-order valence-electron chi connectivity index (χ0n) is 8.81. The van der Waals surface area contributed by atoms with Crippen molar-refractivity contribution in [2.45, 2.75) is 6.42 Å². The lowest BCUT2D eigenvalue weighted by Gasteiger charge is -2.03. The number of imidazole rings is 1. The first-order valence-electron chi connectivity index (χ1n) is 4.86. The molecule has 1 aromatic heterocycles. The van der Waals surface area contributed by atoms with Crippen LogP contribution in [0.5, 0.6) is 0 Å². The first-order valence-corrected chi connectivity index (χ1v) is 4.86. The van der Waals surface area contributed by atoms with Crippen LogP contribution in [-0.2, 0) is 13.5 Å². The highest BCUT2D eigenvalue weighted by molar-refractivity contribution is 5.55. The Morgan fingerprint density at radius 3 is 2.69 bits per heavy atom. The van der Waals surface area contributed by atoms with E-state index in [1.54, 1.807) is 18.3 Å². The fourth-order valence-corrected chi connectivity index (χ4v) is 1.56. The number of rotatable bonds is 2. The third-order valence-corrected chi connectivity index (χ3v) is 2.45. The SMILES string of the molecule is Cn1c(CC#N)cnc1-c1ccc(F)cc1. The van der Waals surface area contributed by atoms with Gasteiger partial charge in [0.1, 0.15) is 11.6 Å². The lowest BCUT2D eigenvalue weighted by atomic mass is 10.2. The van der Waals surface area contributed by atoms with Crippen LogP contribution in [0.4, 0.5) is 4.39 Å². The van der Waals surface area contributed by atoms with Gasteiger partial charge in [0.25, 0.3) is 0 Å². The average molecular weight is 215 g/mol. The predicted molar refractivity (Wildman–Crippen MR) is 57.9 cm³/mol. The normalized spacial score (nSPS) is 10.1. The molecule has 0 atom stereocenters. The van der Waals surface area contributed by atoms with E-state index < -0.39 is 0 Å². The Morgan fingerprint density at radius 2 is 2.06 bits per heavy atom. The summed E-state index contributed by atoms with van der Waals surface area (Å²) in [5.74, 6) is 0.473. The zero-order valence-corrected chi connectivity index (χ0v) is 8.81. The largest absolute Gasteiger partial charge is 0.330 e. The molecule has 0 aliphatic rings. The number of halogens is 1. The van der Waals surface area contributed by atoms with Gasteiger partial charge in [-0.2, -0.15) is 5.26 Å². The summed E-state index contributed by atoms with van der Waals surface area (Å²) in [4.78, 5) is 4.22. The number of benzene rings is 1. The number of hydrogen-bond donors (Lipinski definition) is 0. The molecule has 16 heavy (non-hydrogen) atoms. The second-order valence-electron chi connectivity index (χ2n) is 3.47. The van der Waals surface area contributed by atoms with Crippen molar-refractivity contribution in [3.8, 4) is 17.5 Å². The van der Waals surface area contributed by atoms with Crippen molar-refractivity contribution in [2.75, 3.05) is 0 Å². The van der Waals surface area contributed by atoms with Crippen LogP contribution < -0.4 is 0 Å². The Kier molecular flexibility index (Phi) is 2.69. The highest BCUT2D eigenvalue weighted by Gasteiger charge is 2.08. The first kappa shape index (κ1) is 10.4. The molecule has 1 aromatic carbocycles. The molecule has 0 amide bonds. The van der Waals surface area contributed by atoms with E-state index in [1.807, 2.05) is 11.6 Å². The average Bonchev–Trinajstić information content (AvgIpc) is 2.63. The van der Waals surface area contributed by atoms with Crippen LogP contribution in [0.3, 0.4) is 0 Å². The molecule has 3 nitrogen and oxygen atoms in total. The van der Waals surface area contributed by atoms with Crippen LogP contribution in [0.25, 0.3) is 11.4 Å². The summed E-state index contributed by atoms with van der Waals surface area (Å²) < 4.78 is 14.6. The molecule has 80 valence electrons. The minimum Gasteiger partial charge on any atom is -0.330 e. The summed E-state index contributed by atoms with van der Waals surface area (Å²) in [6, 6.07) is 8.22. The first-order chi connectivity index (χ1) is 7.72. The van der Waals surface area contributed by atoms with Gasteiger partial charge in [-0.25, -0.2) is 9.37 Å². The van der Waals surface area contributed by atoms with Gasteiger partial charge in [0.15, 0.2) is 0 Å². The standard InChI is InChI=1S/C12H10FN3/c1-16-11(6-7-14)8-15-12(16)9-2-4-10(13)5-3-9/h2-5,8H,6H2,1H3. The Balaban J connectivity index is 2.42. The van der Waals surface area contributed by atoms with Gasteiger partial charge in [0.05, 0.1) is 18.2 Å². The molecular formula is C12H10FN3. The van der Waals surface area contributed by atoms with Crippen molar-refractivity contribution in [3.05, 3.63) is 42.0 Å². The maximum atomic E-state index is 12.8. The lowest BCUT2D eigenvalue weighted by molar-refractivity contribution is 0.628. The van der Waals surface area contributed by atoms with Crippen LogP contribution in [0, 0.1) is 17.1 Å². The van der Waals surface area contributed by atoms with Gasteiger partial charge >= 0.3 is 0 Å². The van der Waals surface area contributed by atoms with E-state index in [0.717, 1.165) is 17.1 Å². The van der Waals surface area contributed by atoms with E-state index in [1.165, 1.54) is 12.1 Å². The lowest BCUT2D eigenvalue weighted by Crippen LogP contribution is -1.97. The van der Waals surface area contributed by atoms with Crippen molar-refractivity contribution in [1.29, 1.82) is 5.26 Å². The fraction of sp³-hybridized carbons (Fsp3) is 0.167. The summed E-state index contributed by atoms with van der Waals surface area (Å²) in [5.41, 5.74) is 1.69. The molecule has 0 bridgehead atoms. The predicted octanol–water partition coefficient (Wildman–Crippen LogP) is 2.29. The fourth-order valence-electron chi connectivity index (χ4n) is 1.56. The molecule has 2 rings (SSSR count). The van der Waals surface area contributed by atoms with Gasteiger partial charge in [0.2, 0.25) is 0 Å². The Bertz CT molecular complexity index is 534. The highest BCUT2D eigenvalue weighted by Crippen LogP contribution is 2.18. The molecule has 0 radical (unpaired) electrons. The molecule has 0 saturated heterocycles. The molecule has 0 spiro atoms. The van der Waals surface area contributed by atoms with E-state index in [2.05, 4.69) is 11.1 Å². The Labute approximate surface area is 92.8 Å². The summed E-state index contributed by atoms with van der Waals surface area (Å²) in [7, 11) is 1.85. The molecule has 0 N–H and O–H groups in total. The third kappa shape index (κ3) is 1.80. The van der Waals surface area contributed by atoms with E-state index in [0.29, 0.717) is 6.42 Å². The second kappa shape index (κ2) is 4.15. The minimum atomic E-state index is -0.268. The molecule has 1 heterocycles. The summed E-state index contributed by atoms with van der Waals surface area (Å²) in [6.07, 6.45) is 1.99. The van der Waals surface area contributed by atoms with Gasteiger partial charge in [-0.1, -0.05) is 0 Å². The molecule has 0 saturated carbocycles. The summed E-state index contributed by atoms with van der Waals surface area (Å²) in [5, 5.41) is 8.62. The molecule has 0 aliphatic heterocycles. The number of nitrogens with zero attached hydrogens (tertiary/aromatic N) is 3. The van der Waals surface area contributed by atoms with Crippen molar-refractivity contribution in [1.82, 2.24) is 9.55 Å². The Hall–Kier alpha value is -2.15. The Morgan fingerprint density at radius 1 is 1.38 bits per heavy atom. The van der Waals surface area contributed by atoms with Crippen molar-refractivity contribution in [2.24, 2.45) is 7.05 Å². The van der Waals surface area contributed by atoms with E-state index >= 15 is 0 Å². The molecule has 0 fully saturated rings. The maximum Gasteiger partial charge on any atom is 0.139 e. The summed E-state index contributed by atoms with van der Waals surface area (Å²) >= 11 is 0. The smallest absolute Gasteiger partial charge is 0.139 e. The second-order valence-corrected chi connectivity index (χ2v) is 3.47. The van der Waals surface area contributed by atoms with Crippen LogP contribution >= 0.6 is 0 Å². The number of nitriles is 1. The maximum absolute atomic E-state index is 12.8. The van der Waals surface area contributed by atoms with Crippen LogP contribution in [0.15, 0.2) is 30.5 Å². The van der Waals surface area contributed by atoms with Gasteiger partial charge in [-0.15, -0.1) is 0 Å². The number of aromatic nitrogens is 2. The van der Waals surface area contributed by atoms with Crippen molar-refractivity contribution >= 4 is 0 Å². The molecular weight excluding hydrogens is 205 g/mol. The van der Waals surface area contributed by atoms with E-state index in [9.17, 15) is 4.39 Å². The molecule has 0 unspecified atom stereocenters. The van der Waals surface area contributed by atoms with Crippen molar-refractivity contribution in [3.63, 3.8) is 0 Å².